The van der Waals surface area contributed by atoms with Crippen molar-refractivity contribution in [3.8, 4) is 0 Å². The maximum absolute atomic E-state index is 11.9. The highest BCUT2D eigenvalue weighted by Crippen LogP contribution is 2.19. The van der Waals surface area contributed by atoms with Crippen LogP contribution in [0.1, 0.15) is 19.8 Å². The van der Waals surface area contributed by atoms with E-state index in [-0.39, 0.29) is 17.5 Å². The van der Waals surface area contributed by atoms with Gasteiger partial charge in [0.1, 0.15) is 11.9 Å². The van der Waals surface area contributed by atoms with E-state index >= 15 is 0 Å². The molecule has 0 bridgehead atoms. The number of aromatic amines is 1. The molecule has 0 spiro atoms. The van der Waals surface area contributed by atoms with Crippen LogP contribution in [0.3, 0.4) is 0 Å². The number of fused-ring (bicyclic) bond motifs is 1. The van der Waals surface area contributed by atoms with Gasteiger partial charge in [-0.1, -0.05) is 18.2 Å². The summed E-state index contributed by atoms with van der Waals surface area (Å²) in [6.45, 7) is 1.78. The fourth-order valence-electron chi connectivity index (χ4n) is 2.14. The van der Waals surface area contributed by atoms with Crippen molar-refractivity contribution in [3.05, 3.63) is 40.7 Å². The van der Waals surface area contributed by atoms with Gasteiger partial charge < -0.3 is 15.6 Å². The number of amides is 1. The fraction of sp³-hybridized carbons (Fsp3) is 0.333. The van der Waals surface area contributed by atoms with Crippen molar-refractivity contribution in [3.63, 3.8) is 0 Å². The number of H-pyrrole nitrogens is 1. The zero-order valence-electron chi connectivity index (χ0n) is 11.3. The van der Waals surface area contributed by atoms with Crippen LogP contribution < -0.4 is 16.2 Å². The van der Waals surface area contributed by atoms with Crippen molar-refractivity contribution in [1.82, 2.24) is 10.3 Å². The number of anilines is 1. The molecule has 0 radical (unpaired) electrons. The summed E-state index contributed by atoms with van der Waals surface area (Å²) in [4.78, 5) is 26.6. The minimum atomic E-state index is -0.382. The summed E-state index contributed by atoms with van der Waals surface area (Å²) in [6.07, 6.45) is 2.12. The number of benzene rings is 1. The van der Waals surface area contributed by atoms with Crippen LogP contribution in [0, 0.1) is 0 Å². The number of carbonyl (C=O) groups excluding carboxylic acids is 1. The van der Waals surface area contributed by atoms with Gasteiger partial charge in [-0.05, 0) is 37.3 Å². The standard InChI is InChI=1S/C15H17N3O2/c1-9(14(19)17-11-6-7-11)16-13-8-10-4-2-3-5-12(10)15(20)18-13/h2-5,8-9,11H,6-7H2,1H3,(H,17,19)(H2,16,18,20). The average molecular weight is 271 g/mol. The van der Waals surface area contributed by atoms with Crippen LogP contribution in [0.2, 0.25) is 0 Å². The van der Waals surface area contributed by atoms with Crippen molar-refractivity contribution in [2.45, 2.75) is 31.8 Å². The molecule has 5 nitrogen and oxygen atoms in total. The number of pyridine rings is 1. The molecule has 3 N–H and O–H groups in total. The number of nitrogens with one attached hydrogen (secondary N) is 3. The van der Waals surface area contributed by atoms with E-state index in [0.717, 1.165) is 18.2 Å². The molecule has 1 fully saturated rings. The molecule has 1 aliphatic carbocycles. The van der Waals surface area contributed by atoms with Gasteiger partial charge in [-0.25, -0.2) is 0 Å². The van der Waals surface area contributed by atoms with Crippen LogP contribution in [0.15, 0.2) is 35.1 Å². The zero-order valence-corrected chi connectivity index (χ0v) is 11.3. The Morgan fingerprint density at radius 2 is 2.10 bits per heavy atom. The minimum absolute atomic E-state index is 0.0403. The number of aromatic nitrogens is 1. The topological polar surface area (TPSA) is 74.0 Å². The predicted octanol–water partition coefficient (Wildman–Crippen LogP) is 1.61. The SMILES string of the molecule is CC(Nc1cc2ccccc2c(=O)[nH]1)C(=O)NC1CC1. The van der Waals surface area contributed by atoms with Crippen molar-refractivity contribution >= 4 is 22.5 Å². The first-order valence-electron chi connectivity index (χ1n) is 6.82. The molecule has 1 aliphatic rings. The molecule has 3 rings (SSSR count). The van der Waals surface area contributed by atoms with Gasteiger partial charge in [0, 0.05) is 11.4 Å². The third-order valence-corrected chi connectivity index (χ3v) is 3.44. The van der Waals surface area contributed by atoms with Crippen LogP contribution in [0.4, 0.5) is 5.82 Å². The van der Waals surface area contributed by atoms with Crippen LogP contribution in [0.25, 0.3) is 10.8 Å². The Bertz CT molecular complexity index is 704. The summed E-state index contributed by atoms with van der Waals surface area (Å²) in [7, 11) is 0. The van der Waals surface area contributed by atoms with Crippen molar-refractivity contribution < 1.29 is 4.79 Å². The second kappa shape index (κ2) is 5.00. The predicted molar refractivity (Wildman–Crippen MR) is 78.8 cm³/mol. The zero-order chi connectivity index (χ0) is 14.1. The quantitative estimate of drug-likeness (QED) is 0.791. The lowest BCUT2D eigenvalue weighted by Crippen LogP contribution is -2.39. The summed E-state index contributed by atoms with van der Waals surface area (Å²) in [6, 6.07) is 9.17. The van der Waals surface area contributed by atoms with E-state index in [9.17, 15) is 9.59 Å². The minimum Gasteiger partial charge on any atom is -0.360 e. The van der Waals surface area contributed by atoms with Crippen molar-refractivity contribution in [2.24, 2.45) is 0 Å². The van der Waals surface area contributed by atoms with Crippen LogP contribution in [-0.2, 0) is 4.79 Å². The molecule has 1 aromatic heterocycles. The molecule has 0 aliphatic heterocycles. The molecule has 20 heavy (non-hydrogen) atoms. The third kappa shape index (κ3) is 2.66. The molecule has 2 aromatic rings. The number of hydrogen-bond donors (Lipinski definition) is 3. The number of carbonyl (C=O) groups is 1. The molecule has 1 aromatic carbocycles. The van der Waals surface area contributed by atoms with Crippen LogP contribution in [0.5, 0.6) is 0 Å². The molecule has 1 heterocycles. The van der Waals surface area contributed by atoms with Gasteiger partial charge in [-0.15, -0.1) is 0 Å². The Morgan fingerprint density at radius 1 is 1.35 bits per heavy atom. The molecule has 1 atom stereocenters. The van der Waals surface area contributed by atoms with Crippen LogP contribution >= 0.6 is 0 Å². The number of hydrogen-bond acceptors (Lipinski definition) is 3. The Morgan fingerprint density at radius 3 is 2.85 bits per heavy atom. The molecule has 0 saturated heterocycles. The van der Waals surface area contributed by atoms with Gasteiger partial charge in [0.15, 0.2) is 0 Å². The first kappa shape index (κ1) is 12.7. The second-order valence-electron chi connectivity index (χ2n) is 5.25. The summed E-state index contributed by atoms with van der Waals surface area (Å²) < 4.78 is 0. The van der Waals surface area contributed by atoms with Crippen LogP contribution in [-0.4, -0.2) is 23.0 Å². The molecule has 5 heteroatoms. The van der Waals surface area contributed by atoms with E-state index in [1.54, 1.807) is 13.0 Å². The summed E-state index contributed by atoms with van der Waals surface area (Å²) in [5.74, 6) is 0.522. The second-order valence-corrected chi connectivity index (χ2v) is 5.25. The van der Waals surface area contributed by atoms with Gasteiger partial charge in [-0.2, -0.15) is 0 Å². The third-order valence-electron chi connectivity index (χ3n) is 3.44. The maximum Gasteiger partial charge on any atom is 0.257 e. The normalized spacial score (nSPS) is 15.8. The fourth-order valence-corrected chi connectivity index (χ4v) is 2.14. The Hall–Kier alpha value is -2.30. The molecule has 1 amide bonds. The highest BCUT2D eigenvalue weighted by Gasteiger charge is 2.25. The van der Waals surface area contributed by atoms with Gasteiger partial charge >= 0.3 is 0 Å². The highest BCUT2D eigenvalue weighted by molar-refractivity contribution is 5.86. The smallest absolute Gasteiger partial charge is 0.257 e. The van der Waals surface area contributed by atoms with Crippen molar-refractivity contribution in [1.29, 1.82) is 0 Å². The van der Waals surface area contributed by atoms with Crippen molar-refractivity contribution in [2.75, 3.05) is 5.32 Å². The molecule has 1 saturated carbocycles. The molecular formula is C15H17N3O2. The average Bonchev–Trinajstić information content (AvgIpc) is 3.22. The monoisotopic (exact) mass is 271 g/mol. The van der Waals surface area contributed by atoms with E-state index < -0.39 is 0 Å². The lowest BCUT2D eigenvalue weighted by Gasteiger charge is -2.15. The Labute approximate surface area is 116 Å². The molecule has 1 unspecified atom stereocenters. The molecular weight excluding hydrogens is 254 g/mol. The maximum atomic E-state index is 11.9. The summed E-state index contributed by atoms with van der Waals surface area (Å²) in [5, 5.41) is 7.47. The highest BCUT2D eigenvalue weighted by atomic mass is 16.2. The first-order chi connectivity index (χ1) is 9.63. The van der Waals surface area contributed by atoms with E-state index in [0.29, 0.717) is 17.2 Å². The van der Waals surface area contributed by atoms with Gasteiger partial charge in [0.05, 0.1) is 0 Å². The van der Waals surface area contributed by atoms with E-state index in [4.69, 9.17) is 0 Å². The van der Waals surface area contributed by atoms with E-state index in [1.165, 1.54) is 0 Å². The van der Waals surface area contributed by atoms with Gasteiger partial charge in [0.2, 0.25) is 5.91 Å². The lowest BCUT2D eigenvalue weighted by molar-refractivity contribution is -0.121. The number of rotatable bonds is 4. The Kier molecular flexibility index (Phi) is 3.18. The first-order valence-corrected chi connectivity index (χ1v) is 6.82. The van der Waals surface area contributed by atoms with E-state index in [1.807, 2.05) is 24.3 Å². The van der Waals surface area contributed by atoms with E-state index in [2.05, 4.69) is 15.6 Å². The summed E-state index contributed by atoms with van der Waals surface area (Å²) in [5.41, 5.74) is -0.152. The lowest BCUT2D eigenvalue weighted by atomic mass is 10.2. The Balaban J connectivity index is 1.79. The van der Waals surface area contributed by atoms with Gasteiger partial charge in [-0.3, -0.25) is 9.59 Å². The largest absolute Gasteiger partial charge is 0.360 e. The van der Waals surface area contributed by atoms with Gasteiger partial charge in [0.25, 0.3) is 5.56 Å². The summed E-state index contributed by atoms with van der Waals surface area (Å²) >= 11 is 0. The molecule has 104 valence electrons.